The van der Waals surface area contributed by atoms with Crippen molar-refractivity contribution in [1.82, 2.24) is 14.5 Å². The zero-order valence-electron chi connectivity index (χ0n) is 36.4. The molecule has 2 heterocycles. The van der Waals surface area contributed by atoms with E-state index in [0.717, 1.165) is 72.5 Å². The van der Waals surface area contributed by atoms with Gasteiger partial charge in [0.2, 0.25) is 0 Å². The minimum atomic E-state index is -0.312. The van der Waals surface area contributed by atoms with E-state index in [1.54, 1.807) is 0 Å². The monoisotopic (exact) mass is 967 g/mol. The van der Waals surface area contributed by atoms with E-state index in [-0.39, 0.29) is 43.1 Å². The topological polar surface area (TPSA) is 50.9 Å². The summed E-state index contributed by atoms with van der Waals surface area (Å²) in [6.07, 6.45) is 1.89. The third-order valence-corrected chi connectivity index (χ3v) is 11.4. The molecule has 0 aliphatic heterocycles. The Labute approximate surface area is 370 Å². The van der Waals surface area contributed by atoms with Crippen LogP contribution in [0.2, 0.25) is 0 Å². The average molecular weight is 968 g/mol. The van der Waals surface area contributed by atoms with E-state index >= 15 is 0 Å². The molecule has 5 heteroatoms. The van der Waals surface area contributed by atoms with E-state index in [1.165, 1.54) is 11.1 Å². The summed E-state index contributed by atoms with van der Waals surface area (Å²) in [4.78, 5) is 10.5. The van der Waals surface area contributed by atoms with E-state index in [9.17, 15) is 5.11 Å². The van der Waals surface area contributed by atoms with Gasteiger partial charge in [-0.1, -0.05) is 176 Å². The van der Waals surface area contributed by atoms with Crippen LogP contribution in [0, 0.1) is 13.0 Å². The van der Waals surface area contributed by atoms with Crippen LogP contribution in [-0.2, 0) is 37.3 Å². The number of hydrogen-bond donors (Lipinski definition) is 1. The summed E-state index contributed by atoms with van der Waals surface area (Å²) in [7, 11) is 0. The first-order valence-corrected chi connectivity index (χ1v) is 20.6. The Balaban J connectivity index is 0.00000544. The van der Waals surface area contributed by atoms with Crippen molar-refractivity contribution in [2.75, 3.05) is 0 Å². The molecule has 0 fully saturated rings. The summed E-state index contributed by atoms with van der Waals surface area (Å²) in [5.74, 6) is 0.938. The molecule has 60 heavy (non-hydrogen) atoms. The summed E-state index contributed by atoms with van der Waals surface area (Å²) in [6, 6.07) is 50.9. The molecule has 2 aromatic heterocycles. The summed E-state index contributed by atoms with van der Waals surface area (Å²) in [6.45, 7) is 22.0. The number of para-hydroxylation sites is 2. The minimum Gasteiger partial charge on any atom is -0.507 e. The first-order valence-electron chi connectivity index (χ1n) is 20.6. The molecule has 0 aliphatic carbocycles. The smallest absolute Gasteiger partial charge is 0.148 e. The first-order chi connectivity index (χ1) is 28.0. The Bertz CT molecular complexity index is 2830. The van der Waals surface area contributed by atoms with Crippen molar-refractivity contribution in [3.8, 4) is 67.5 Å². The van der Waals surface area contributed by atoms with Crippen LogP contribution >= 0.6 is 0 Å². The van der Waals surface area contributed by atoms with Gasteiger partial charge >= 0.3 is 0 Å². The van der Waals surface area contributed by atoms with Crippen LogP contribution in [0.3, 0.4) is 0 Å². The Hall–Kier alpha value is -5.57. The van der Waals surface area contributed by atoms with E-state index in [2.05, 4.69) is 207 Å². The van der Waals surface area contributed by atoms with Crippen molar-refractivity contribution >= 4 is 11.0 Å². The molecule has 0 radical (unpaired) electrons. The number of phenolic OH excluding ortho intramolecular Hbond substituents is 1. The maximum atomic E-state index is 12.4. The summed E-state index contributed by atoms with van der Waals surface area (Å²) < 4.78 is 2.25. The number of benzene rings is 6. The van der Waals surface area contributed by atoms with Gasteiger partial charge < -0.3 is 5.11 Å². The second-order valence-corrected chi connectivity index (χ2v) is 19.0. The molecule has 1 N–H and O–H groups in total. The Morgan fingerprint density at radius 3 is 1.87 bits per heavy atom. The maximum Gasteiger partial charge on any atom is 0.148 e. The molecule has 0 bridgehead atoms. The number of phenols is 1. The van der Waals surface area contributed by atoms with Gasteiger partial charge in [-0.2, -0.15) is 0 Å². The molecule has 4 nitrogen and oxygen atoms in total. The number of aryl methyl sites for hydroxylation is 1. The number of fused-ring (bicyclic) bond motifs is 1. The van der Waals surface area contributed by atoms with Gasteiger partial charge in [-0.15, -0.1) is 29.3 Å². The fourth-order valence-corrected chi connectivity index (χ4v) is 7.87. The van der Waals surface area contributed by atoms with Gasteiger partial charge in [0, 0.05) is 44.1 Å². The van der Waals surface area contributed by atoms with E-state index in [1.807, 2.05) is 12.3 Å². The standard InChI is InChI=1S/C55H54N3O.Pt/c1-35-23-25-36(26-24-35)38-27-28-56-47(32-38)40-29-39(30-41(31-40)53(2,3)4)44-20-16-22-49-50(44)57-52(45-33-42(54(5,6)7)34-46(51(45)59)55(8,9)10)58(49)48-21-15-14-19-43(48)37-17-12-11-13-18-37;/h11-28,30-34,59H,1-10H3;/q-1;. The van der Waals surface area contributed by atoms with Crippen molar-refractivity contribution in [1.29, 1.82) is 0 Å². The van der Waals surface area contributed by atoms with Crippen LogP contribution in [-0.4, -0.2) is 19.6 Å². The maximum absolute atomic E-state index is 12.4. The molecule has 0 amide bonds. The summed E-state index contributed by atoms with van der Waals surface area (Å²) in [5.41, 5.74) is 15.4. The number of aromatic nitrogens is 3. The normalized spacial score (nSPS) is 12.1. The number of imidazole rings is 1. The van der Waals surface area contributed by atoms with E-state index in [4.69, 9.17) is 9.97 Å². The molecule has 0 unspecified atom stereocenters. The van der Waals surface area contributed by atoms with Crippen LogP contribution in [0.4, 0.5) is 0 Å². The molecular weight excluding hydrogens is 914 g/mol. The van der Waals surface area contributed by atoms with Gasteiger partial charge in [-0.05, 0) is 69.7 Å². The van der Waals surface area contributed by atoms with Crippen LogP contribution in [0.15, 0.2) is 140 Å². The largest absolute Gasteiger partial charge is 0.507 e. The molecule has 8 aromatic rings. The van der Waals surface area contributed by atoms with Gasteiger partial charge in [0.05, 0.1) is 22.3 Å². The number of hydrogen-bond acceptors (Lipinski definition) is 3. The van der Waals surface area contributed by atoms with Crippen molar-refractivity contribution < 1.29 is 26.2 Å². The van der Waals surface area contributed by atoms with Crippen LogP contribution in [0.5, 0.6) is 5.75 Å². The van der Waals surface area contributed by atoms with E-state index in [0.29, 0.717) is 11.4 Å². The van der Waals surface area contributed by atoms with Gasteiger partial charge in [-0.3, -0.25) is 9.55 Å². The zero-order valence-corrected chi connectivity index (χ0v) is 38.7. The third-order valence-electron chi connectivity index (χ3n) is 11.4. The summed E-state index contributed by atoms with van der Waals surface area (Å²) in [5, 5.41) is 12.4. The van der Waals surface area contributed by atoms with Crippen LogP contribution < -0.4 is 0 Å². The Kier molecular flexibility index (Phi) is 11.4. The van der Waals surface area contributed by atoms with Gasteiger partial charge in [-0.25, -0.2) is 4.98 Å². The minimum absolute atomic E-state index is 0. The molecule has 306 valence electrons. The van der Waals surface area contributed by atoms with Crippen molar-refractivity contribution in [3.63, 3.8) is 0 Å². The van der Waals surface area contributed by atoms with Crippen molar-refractivity contribution in [2.24, 2.45) is 0 Å². The quantitative estimate of drug-likeness (QED) is 0.169. The van der Waals surface area contributed by atoms with Gasteiger partial charge in [0.25, 0.3) is 0 Å². The predicted molar refractivity (Wildman–Crippen MR) is 247 cm³/mol. The van der Waals surface area contributed by atoms with Gasteiger partial charge in [0.1, 0.15) is 11.6 Å². The summed E-state index contributed by atoms with van der Waals surface area (Å²) >= 11 is 0. The second kappa shape index (κ2) is 16.1. The first kappa shape index (κ1) is 42.5. The zero-order chi connectivity index (χ0) is 41.9. The molecule has 8 rings (SSSR count). The predicted octanol–water partition coefficient (Wildman–Crippen LogP) is 14.5. The number of nitrogens with zero attached hydrogens (tertiary/aromatic N) is 3. The Morgan fingerprint density at radius 2 is 1.18 bits per heavy atom. The molecule has 0 atom stereocenters. The van der Waals surface area contributed by atoms with E-state index < -0.39 is 0 Å². The fourth-order valence-electron chi connectivity index (χ4n) is 7.87. The molecule has 0 saturated heterocycles. The molecule has 0 saturated carbocycles. The SMILES string of the molecule is Cc1ccc(-c2ccnc(-c3[c-]c(-c4cccc5c4nc(-c4cc(C(C)(C)C)cc(C(C)(C)C)c4O)n5-c4ccccc4-c4ccccc4)cc(C(C)(C)C)c3)c2)cc1.[Pt]. The van der Waals surface area contributed by atoms with Crippen molar-refractivity contribution in [3.05, 3.63) is 168 Å². The average Bonchev–Trinajstić information content (AvgIpc) is 3.59. The molecule has 0 spiro atoms. The molecule has 6 aromatic carbocycles. The van der Waals surface area contributed by atoms with Gasteiger partial charge in [0.15, 0.2) is 0 Å². The molecular formula is C55H54N3OPt-. The third kappa shape index (κ3) is 8.28. The number of aromatic hydroxyl groups is 1. The number of pyridine rings is 1. The Morgan fingerprint density at radius 1 is 0.550 bits per heavy atom. The molecule has 0 aliphatic rings. The van der Waals surface area contributed by atoms with Crippen LogP contribution in [0.25, 0.3) is 72.7 Å². The van der Waals surface area contributed by atoms with Crippen molar-refractivity contribution in [2.45, 2.75) is 85.5 Å². The second-order valence-electron chi connectivity index (χ2n) is 19.0. The fraction of sp³-hybridized carbons (Fsp3) is 0.236. The van der Waals surface area contributed by atoms with Crippen LogP contribution in [0.1, 0.15) is 84.6 Å². The number of rotatable bonds is 6.